The van der Waals surface area contributed by atoms with Gasteiger partial charge in [-0.05, 0) is 24.3 Å². The molecule has 0 spiro atoms. The normalized spacial score (nSPS) is 10.1. The highest BCUT2D eigenvalue weighted by molar-refractivity contribution is 9.09. The molecule has 1 rings (SSSR count). The SMILES string of the molecule is O=C(CBr)Nc1ccc(SSCCS)cc1. The number of carbonyl (C=O) groups is 1. The van der Waals surface area contributed by atoms with Crippen LogP contribution in [0.2, 0.25) is 0 Å². The van der Waals surface area contributed by atoms with Gasteiger partial charge in [0.05, 0.1) is 5.33 Å². The first-order chi connectivity index (χ1) is 7.76. The first-order valence-corrected chi connectivity index (χ1v) is 8.69. The fourth-order valence-corrected chi connectivity index (χ4v) is 3.50. The smallest absolute Gasteiger partial charge is 0.235 e. The van der Waals surface area contributed by atoms with E-state index >= 15 is 0 Å². The molecular formula is C10H12BrNOS3. The summed E-state index contributed by atoms with van der Waals surface area (Å²) in [4.78, 5) is 12.3. The largest absolute Gasteiger partial charge is 0.325 e. The number of anilines is 1. The zero-order valence-electron chi connectivity index (χ0n) is 8.48. The van der Waals surface area contributed by atoms with Crippen LogP contribution in [0.3, 0.4) is 0 Å². The molecule has 0 aliphatic carbocycles. The van der Waals surface area contributed by atoms with E-state index in [4.69, 9.17) is 0 Å². The lowest BCUT2D eigenvalue weighted by atomic mass is 10.3. The first-order valence-electron chi connectivity index (χ1n) is 4.62. The molecule has 0 fully saturated rings. The average Bonchev–Trinajstić information content (AvgIpc) is 2.31. The Balaban J connectivity index is 2.44. The van der Waals surface area contributed by atoms with Crippen molar-refractivity contribution in [1.82, 2.24) is 0 Å². The fraction of sp³-hybridized carbons (Fsp3) is 0.300. The summed E-state index contributed by atoms with van der Waals surface area (Å²) in [5, 5.41) is 3.09. The van der Waals surface area contributed by atoms with Gasteiger partial charge in [-0.2, -0.15) is 12.6 Å². The number of hydrogen-bond donors (Lipinski definition) is 2. The Kier molecular flexibility index (Phi) is 7.44. The molecule has 6 heteroatoms. The molecule has 0 aromatic heterocycles. The van der Waals surface area contributed by atoms with Crippen LogP contribution < -0.4 is 5.32 Å². The summed E-state index contributed by atoms with van der Waals surface area (Å²) in [6.07, 6.45) is 0. The van der Waals surface area contributed by atoms with E-state index < -0.39 is 0 Å². The van der Waals surface area contributed by atoms with Crippen molar-refractivity contribution in [3.63, 3.8) is 0 Å². The Bertz CT molecular complexity index is 331. The van der Waals surface area contributed by atoms with Crippen LogP contribution in [-0.4, -0.2) is 22.7 Å². The number of thiol groups is 1. The lowest BCUT2D eigenvalue weighted by Gasteiger charge is -2.04. The number of rotatable bonds is 6. The standard InChI is InChI=1S/C10H12BrNOS3/c11-7-10(13)12-8-1-3-9(4-2-8)16-15-6-5-14/h1-4,14H,5-7H2,(H,12,13). The maximum Gasteiger partial charge on any atom is 0.235 e. The number of halogens is 1. The van der Waals surface area contributed by atoms with Crippen LogP contribution in [0.25, 0.3) is 0 Å². The Morgan fingerprint density at radius 2 is 2.06 bits per heavy atom. The monoisotopic (exact) mass is 337 g/mol. The van der Waals surface area contributed by atoms with Gasteiger partial charge in [-0.1, -0.05) is 37.5 Å². The molecule has 0 bridgehead atoms. The molecule has 0 unspecified atom stereocenters. The number of hydrogen-bond acceptors (Lipinski definition) is 4. The number of carbonyl (C=O) groups excluding carboxylic acids is 1. The molecule has 0 aliphatic rings. The van der Waals surface area contributed by atoms with Gasteiger partial charge in [0, 0.05) is 22.1 Å². The van der Waals surface area contributed by atoms with Gasteiger partial charge in [-0.15, -0.1) is 0 Å². The van der Waals surface area contributed by atoms with Crippen LogP contribution in [0.4, 0.5) is 5.69 Å². The third kappa shape index (κ3) is 5.52. The summed E-state index contributed by atoms with van der Waals surface area (Å²) in [6.45, 7) is 0. The van der Waals surface area contributed by atoms with Crippen molar-refractivity contribution in [3.05, 3.63) is 24.3 Å². The Morgan fingerprint density at radius 1 is 1.38 bits per heavy atom. The van der Waals surface area contributed by atoms with Gasteiger partial charge in [0.2, 0.25) is 5.91 Å². The van der Waals surface area contributed by atoms with Crippen molar-refractivity contribution in [2.24, 2.45) is 0 Å². The van der Waals surface area contributed by atoms with Crippen LogP contribution in [0.1, 0.15) is 0 Å². The van der Waals surface area contributed by atoms with Crippen LogP contribution in [0.15, 0.2) is 29.2 Å². The lowest BCUT2D eigenvalue weighted by molar-refractivity contribution is -0.113. The van der Waals surface area contributed by atoms with Crippen molar-refractivity contribution in [1.29, 1.82) is 0 Å². The van der Waals surface area contributed by atoms with Crippen molar-refractivity contribution in [3.8, 4) is 0 Å². The lowest BCUT2D eigenvalue weighted by Crippen LogP contribution is -2.11. The van der Waals surface area contributed by atoms with E-state index in [1.165, 1.54) is 4.90 Å². The number of amides is 1. The van der Waals surface area contributed by atoms with Gasteiger partial charge < -0.3 is 5.32 Å². The summed E-state index contributed by atoms with van der Waals surface area (Å²) in [6, 6.07) is 7.81. The Labute approximate surface area is 117 Å². The molecule has 1 aromatic rings. The molecule has 0 saturated heterocycles. The predicted octanol–water partition coefficient (Wildman–Crippen LogP) is 3.69. The molecule has 88 valence electrons. The Morgan fingerprint density at radius 3 is 2.62 bits per heavy atom. The minimum Gasteiger partial charge on any atom is -0.325 e. The highest BCUT2D eigenvalue weighted by atomic mass is 79.9. The predicted molar refractivity (Wildman–Crippen MR) is 81.0 cm³/mol. The fourth-order valence-electron chi connectivity index (χ4n) is 0.935. The highest BCUT2D eigenvalue weighted by Crippen LogP contribution is 2.31. The number of nitrogens with one attached hydrogen (secondary N) is 1. The van der Waals surface area contributed by atoms with E-state index in [2.05, 4.69) is 33.9 Å². The first kappa shape index (κ1) is 14.3. The van der Waals surface area contributed by atoms with Crippen LogP contribution in [0.5, 0.6) is 0 Å². The van der Waals surface area contributed by atoms with E-state index in [9.17, 15) is 4.79 Å². The third-order valence-corrected chi connectivity index (χ3v) is 5.01. The molecular weight excluding hydrogens is 326 g/mol. The molecule has 0 atom stereocenters. The average molecular weight is 338 g/mol. The van der Waals surface area contributed by atoms with E-state index in [1.54, 1.807) is 21.6 Å². The van der Waals surface area contributed by atoms with Crippen molar-refractivity contribution >= 4 is 61.7 Å². The zero-order valence-corrected chi connectivity index (χ0v) is 12.6. The minimum absolute atomic E-state index is 0.0372. The number of benzene rings is 1. The highest BCUT2D eigenvalue weighted by Gasteiger charge is 2.00. The molecule has 1 amide bonds. The number of alkyl halides is 1. The van der Waals surface area contributed by atoms with Gasteiger partial charge in [-0.25, -0.2) is 0 Å². The van der Waals surface area contributed by atoms with E-state index in [1.807, 2.05) is 24.3 Å². The summed E-state index contributed by atoms with van der Waals surface area (Å²) < 4.78 is 0. The summed E-state index contributed by atoms with van der Waals surface area (Å²) in [5.41, 5.74) is 0.827. The van der Waals surface area contributed by atoms with Crippen molar-refractivity contribution in [2.75, 3.05) is 22.2 Å². The molecule has 1 N–H and O–H groups in total. The second-order valence-corrected chi connectivity index (χ2v) is 6.33. The Hall–Kier alpha value is 0.220. The topological polar surface area (TPSA) is 29.1 Å². The van der Waals surface area contributed by atoms with E-state index in [0.717, 1.165) is 17.2 Å². The van der Waals surface area contributed by atoms with Crippen LogP contribution in [-0.2, 0) is 4.79 Å². The van der Waals surface area contributed by atoms with Crippen LogP contribution >= 0.6 is 50.1 Å². The quantitative estimate of drug-likeness (QED) is 0.359. The van der Waals surface area contributed by atoms with Gasteiger partial charge in [0.15, 0.2) is 0 Å². The second-order valence-electron chi connectivity index (χ2n) is 2.84. The molecule has 0 heterocycles. The minimum atomic E-state index is -0.0372. The zero-order chi connectivity index (χ0) is 11.8. The summed E-state index contributed by atoms with van der Waals surface area (Å²) in [7, 11) is 3.50. The van der Waals surface area contributed by atoms with Crippen molar-refractivity contribution in [2.45, 2.75) is 4.90 Å². The maximum atomic E-state index is 11.1. The molecule has 2 nitrogen and oxygen atoms in total. The molecule has 16 heavy (non-hydrogen) atoms. The van der Waals surface area contributed by atoms with Crippen LogP contribution in [0, 0.1) is 0 Å². The maximum absolute atomic E-state index is 11.1. The van der Waals surface area contributed by atoms with E-state index in [0.29, 0.717) is 5.33 Å². The molecule has 0 saturated carbocycles. The molecule has 0 radical (unpaired) electrons. The molecule has 0 aliphatic heterocycles. The third-order valence-electron chi connectivity index (χ3n) is 1.59. The van der Waals surface area contributed by atoms with Gasteiger partial charge >= 0.3 is 0 Å². The van der Waals surface area contributed by atoms with Gasteiger partial charge in [-0.3, -0.25) is 4.79 Å². The summed E-state index contributed by atoms with van der Waals surface area (Å²) >= 11 is 7.25. The molecule has 1 aromatic carbocycles. The van der Waals surface area contributed by atoms with Gasteiger partial charge in [0.1, 0.15) is 0 Å². The second kappa shape index (κ2) is 8.33. The van der Waals surface area contributed by atoms with Crippen molar-refractivity contribution < 1.29 is 4.79 Å². The van der Waals surface area contributed by atoms with Gasteiger partial charge in [0.25, 0.3) is 0 Å². The van der Waals surface area contributed by atoms with E-state index in [-0.39, 0.29) is 5.91 Å². The summed E-state index contributed by atoms with van der Waals surface area (Å²) in [5.74, 6) is 1.87.